The first-order valence-corrected chi connectivity index (χ1v) is 9.97. The van der Waals surface area contributed by atoms with E-state index < -0.39 is 0 Å². The van der Waals surface area contributed by atoms with Gasteiger partial charge in [0, 0.05) is 13.1 Å². The second kappa shape index (κ2) is 7.01. The molecule has 0 bridgehead atoms. The number of hydrogen-bond acceptors (Lipinski definition) is 6. The molecule has 0 radical (unpaired) electrons. The number of aromatic nitrogens is 1. The number of rotatable bonds is 4. The summed E-state index contributed by atoms with van der Waals surface area (Å²) >= 11 is 3.04. The lowest BCUT2D eigenvalue weighted by molar-refractivity contribution is 0.0729. The standard InChI is InChI=1S/C18H19N3O2S2/c1-23-13-8-4-3-7-12(13)19-18-20-16-14(25-18)11-15(24-16)17(22)21-9-5-2-6-10-21/h3-4,7-8,11H,2,5-6,9-10H2,1H3,(H,19,20). The summed E-state index contributed by atoms with van der Waals surface area (Å²) in [5, 5.41) is 4.11. The Morgan fingerprint density at radius 1 is 1.20 bits per heavy atom. The average Bonchev–Trinajstić information content (AvgIpc) is 3.21. The first-order valence-electron chi connectivity index (χ1n) is 8.34. The molecule has 0 aliphatic carbocycles. The van der Waals surface area contributed by atoms with Gasteiger partial charge in [-0.15, -0.1) is 11.3 Å². The fourth-order valence-electron chi connectivity index (χ4n) is 3.01. The zero-order valence-electron chi connectivity index (χ0n) is 13.9. The first-order chi connectivity index (χ1) is 12.2. The molecule has 1 amide bonds. The van der Waals surface area contributed by atoms with Crippen molar-refractivity contribution < 1.29 is 9.53 Å². The zero-order chi connectivity index (χ0) is 17.2. The van der Waals surface area contributed by atoms with Crippen molar-refractivity contribution in [2.45, 2.75) is 19.3 Å². The quantitative estimate of drug-likeness (QED) is 0.718. The van der Waals surface area contributed by atoms with Crippen LogP contribution in [0.3, 0.4) is 0 Å². The minimum atomic E-state index is 0.147. The second-order valence-electron chi connectivity index (χ2n) is 5.98. The van der Waals surface area contributed by atoms with Crippen LogP contribution in [0.25, 0.3) is 9.53 Å². The van der Waals surface area contributed by atoms with E-state index >= 15 is 0 Å². The Balaban J connectivity index is 1.54. The van der Waals surface area contributed by atoms with Gasteiger partial charge in [-0.05, 0) is 37.5 Å². The lowest BCUT2D eigenvalue weighted by Gasteiger charge is -2.26. The molecule has 1 aliphatic heterocycles. The molecule has 3 heterocycles. The third-order valence-electron chi connectivity index (χ3n) is 4.29. The summed E-state index contributed by atoms with van der Waals surface area (Å²) in [6, 6.07) is 9.73. The summed E-state index contributed by atoms with van der Waals surface area (Å²) < 4.78 is 6.40. The van der Waals surface area contributed by atoms with E-state index in [2.05, 4.69) is 10.3 Å². The van der Waals surface area contributed by atoms with Crippen LogP contribution in [-0.4, -0.2) is 36.0 Å². The highest BCUT2D eigenvalue weighted by Crippen LogP contribution is 2.36. The number of amides is 1. The normalized spacial score (nSPS) is 14.7. The van der Waals surface area contributed by atoms with E-state index in [0.717, 1.165) is 56.9 Å². The smallest absolute Gasteiger partial charge is 0.264 e. The first kappa shape index (κ1) is 16.4. The van der Waals surface area contributed by atoms with Crippen molar-refractivity contribution in [3.05, 3.63) is 35.2 Å². The number of methoxy groups -OCH3 is 1. The SMILES string of the molecule is COc1ccccc1Nc1nc2sc(C(=O)N3CCCCC3)cc2s1. The van der Waals surface area contributed by atoms with Gasteiger partial charge in [0.05, 0.1) is 22.4 Å². The Hall–Kier alpha value is -2.12. The summed E-state index contributed by atoms with van der Waals surface area (Å²) in [5.74, 6) is 0.927. The summed E-state index contributed by atoms with van der Waals surface area (Å²) in [6.07, 6.45) is 3.44. The van der Waals surface area contributed by atoms with Gasteiger partial charge >= 0.3 is 0 Å². The number of thiazole rings is 1. The van der Waals surface area contributed by atoms with E-state index in [0.29, 0.717) is 0 Å². The Bertz CT molecular complexity index is 865. The van der Waals surface area contributed by atoms with E-state index in [1.165, 1.54) is 17.8 Å². The molecule has 1 fully saturated rings. The molecule has 5 nitrogen and oxygen atoms in total. The molecule has 7 heteroatoms. The van der Waals surface area contributed by atoms with Crippen molar-refractivity contribution in [1.82, 2.24) is 9.88 Å². The number of thiophene rings is 1. The number of anilines is 2. The molecule has 2 aromatic heterocycles. The van der Waals surface area contributed by atoms with Crippen molar-refractivity contribution in [1.29, 1.82) is 0 Å². The van der Waals surface area contributed by atoms with Crippen molar-refractivity contribution in [3.8, 4) is 5.75 Å². The summed E-state index contributed by atoms with van der Waals surface area (Å²) in [7, 11) is 1.65. The molecule has 0 atom stereocenters. The van der Waals surface area contributed by atoms with Crippen LogP contribution in [0.5, 0.6) is 5.75 Å². The van der Waals surface area contributed by atoms with E-state index in [-0.39, 0.29) is 5.91 Å². The fourth-order valence-corrected chi connectivity index (χ4v) is 5.11. The van der Waals surface area contributed by atoms with Gasteiger partial charge in [-0.1, -0.05) is 23.5 Å². The lowest BCUT2D eigenvalue weighted by atomic mass is 10.1. The summed E-state index contributed by atoms with van der Waals surface area (Å²) in [6.45, 7) is 1.75. The number of ether oxygens (including phenoxy) is 1. The highest BCUT2D eigenvalue weighted by atomic mass is 32.1. The number of nitrogens with zero attached hydrogens (tertiary/aromatic N) is 2. The van der Waals surface area contributed by atoms with Crippen LogP contribution in [0.2, 0.25) is 0 Å². The summed E-state index contributed by atoms with van der Waals surface area (Å²) in [4.78, 5) is 20.9. The second-order valence-corrected chi connectivity index (χ2v) is 8.04. The molecule has 0 unspecified atom stereocenters. The maximum atomic E-state index is 12.6. The number of nitrogens with one attached hydrogen (secondary N) is 1. The van der Waals surface area contributed by atoms with Gasteiger partial charge in [-0.3, -0.25) is 4.79 Å². The largest absolute Gasteiger partial charge is 0.495 e. The van der Waals surface area contributed by atoms with Crippen LogP contribution in [0.1, 0.15) is 28.9 Å². The van der Waals surface area contributed by atoms with Crippen molar-refractivity contribution >= 4 is 48.9 Å². The zero-order valence-corrected chi connectivity index (χ0v) is 15.6. The van der Waals surface area contributed by atoms with Gasteiger partial charge in [-0.25, -0.2) is 4.98 Å². The lowest BCUT2D eigenvalue weighted by Crippen LogP contribution is -2.35. The van der Waals surface area contributed by atoms with Crippen LogP contribution in [0.15, 0.2) is 30.3 Å². The minimum absolute atomic E-state index is 0.147. The molecule has 1 N–H and O–H groups in total. The van der Waals surface area contributed by atoms with Gasteiger partial charge in [0.1, 0.15) is 10.6 Å². The van der Waals surface area contributed by atoms with E-state index in [4.69, 9.17) is 4.74 Å². The Labute approximate surface area is 154 Å². The number of carbonyl (C=O) groups is 1. The number of piperidine rings is 1. The van der Waals surface area contributed by atoms with Gasteiger partial charge in [0.2, 0.25) is 0 Å². The third kappa shape index (κ3) is 3.34. The molecule has 25 heavy (non-hydrogen) atoms. The molecule has 130 valence electrons. The molecule has 1 aliphatic rings. The van der Waals surface area contributed by atoms with Gasteiger partial charge in [-0.2, -0.15) is 0 Å². The van der Waals surface area contributed by atoms with Gasteiger partial charge < -0.3 is 15.0 Å². The molecule has 4 rings (SSSR count). The molecular formula is C18H19N3O2S2. The third-order valence-corrected chi connectivity index (χ3v) is 6.36. The van der Waals surface area contributed by atoms with Gasteiger partial charge in [0.15, 0.2) is 5.13 Å². The molecule has 0 spiro atoms. The Morgan fingerprint density at radius 3 is 2.76 bits per heavy atom. The van der Waals surface area contributed by atoms with Crippen molar-refractivity contribution in [2.75, 3.05) is 25.5 Å². The molecule has 0 saturated carbocycles. The Morgan fingerprint density at radius 2 is 2.00 bits per heavy atom. The number of benzene rings is 1. The number of fused-ring (bicyclic) bond motifs is 1. The highest BCUT2D eigenvalue weighted by Gasteiger charge is 2.21. The summed E-state index contributed by atoms with van der Waals surface area (Å²) in [5.41, 5.74) is 0.885. The number of hydrogen-bond donors (Lipinski definition) is 1. The van der Waals surface area contributed by atoms with Crippen LogP contribution in [0.4, 0.5) is 10.8 Å². The highest BCUT2D eigenvalue weighted by molar-refractivity contribution is 7.29. The van der Waals surface area contributed by atoms with Gasteiger partial charge in [0.25, 0.3) is 5.91 Å². The number of carbonyl (C=O) groups excluding carboxylic acids is 1. The maximum Gasteiger partial charge on any atom is 0.264 e. The molecule has 3 aromatic rings. The van der Waals surface area contributed by atoms with Crippen LogP contribution < -0.4 is 10.1 Å². The minimum Gasteiger partial charge on any atom is -0.495 e. The average molecular weight is 374 g/mol. The van der Waals surface area contributed by atoms with Crippen LogP contribution in [-0.2, 0) is 0 Å². The van der Waals surface area contributed by atoms with Crippen LogP contribution in [0, 0.1) is 0 Å². The fraction of sp³-hybridized carbons (Fsp3) is 0.333. The Kier molecular flexibility index (Phi) is 4.59. The number of para-hydroxylation sites is 2. The molecule has 1 saturated heterocycles. The van der Waals surface area contributed by atoms with E-state index in [1.807, 2.05) is 35.2 Å². The van der Waals surface area contributed by atoms with Crippen molar-refractivity contribution in [2.24, 2.45) is 0 Å². The van der Waals surface area contributed by atoms with Crippen molar-refractivity contribution in [3.63, 3.8) is 0 Å². The predicted molar refractivity (Wildman–Crippen MR) is 104 cm³/mol. The van der Waals surface area contributed by atoms with E-state index in [9.17, 15) is 4.79 Å². The topological polar surface area (TPSA) is 54.5 Å². The predicted octanol–water partition coefficient (Wildman–Crippen LogP) is 4.74. The molecule has 1 aromatic carbocycles. The maximum absolute atomic E-state index is 12.6. The van der Waals surface area contributed by atoms with E-state index in [1.54, 1.807) is 18.4 Å². The number of likely N-dealkylation sites (tertiary alicyclic amines) is 1. The molecular weight excluding hydrogens is 354 g/mol. The monoisotopic (exact) mass is 373 g/mol. The van der Waals surface area contributed by atoms with Crippen LogP contribution >= 0.6 is 22.7 Å².